The minimum atomic E-state index is -5.15. The number of nitrogens with zero attached hydrogens (tertiary/aromatic N) is 2. The Morgan fingerprint density at radius 2 is 1.78 bits per heavy atom. The predicted octanol–water partition coefficient (Wildman–Crippen LogP) is 4.87. The van der Waals surface area contributed by atoms with E-state index in [-0.39, 0.29) is 17.7 Å². The van der Waals surface area contributed by atoms with E-state index in [0.29, 0.717) is 0 Å². The molecular weight excluding hydrogens is 386 g/mol. The summed E-state index contributed by atoms with van der Waals surface area (Å²) in [7, 11) is 1.23. The van der Waals surface area contributed by atoms with Crippen molar-refractivity contribution in [1.29, 1.82) is 0 Å². The Morgan fingerprint density at radius 1 is 1.22 bits per heavy atom. The first-order valence-electron chi connectivity index (χ1n) is 8.13. The van der Waals surface area contributed by atoms with E-state index in [9.17, 15) is 22.4 Å². The molecule has 1 atom stereocenters. The summed E-state index contributed by atoms with van der Waals surface area (Å²) in [5.41, 5.74) is 0.560. The number of halogens is 5. The van der Waals surface area contributed by atoms with E-state index >= 15 is 0 Å². The summed E-state index contributed by atoms with van der Waals surface area (Å²) in [6.45, 7) is 6.36. The van der Waals surface area contributed by atoms with Gasteiger partial charge in [0.05, 0.1) is 5.02 Å². The lowest BCUT2D eigenvalue weighted by molar-refractivity contribution is -0.183. The van der Waals surface area contributed by atoms with Crippen LogP contribution >= 0.6 is 11.6 Å². The Bertz CT molecular complexity index is 823. The minimum Gasteiger partial charge on any atom is -0.347 e. The van der Waals surface area contributed by atoms with Crippen molar-refractivity contribution in [2.75, 3.05) is 0 Å². The van der Waals surface area contributed by atoms with Gasteiger partial charge in [0.1, 0.15) is 11.4 Å². The van der Waals surface area contributed by atoms with E-state index in [2.05, 4.69) is 31.2 Å². The van der Waals surface area contributed by atoms with Crippen LogP contribution in [-0.2, 0) is 19.0 Å². The summed E-state index contributed by atoms with van der Waals surface area (Å²) < 4.78 is 52.0. The van der Waals surface area contributed by atoms with Gasteiger partial charge >= 0.3 is 6.18 Å². The Morgan fingerprint density at radius 3 is 2.26 bits per heavy atom. The van der Waals surface area contributed by atoms with Crippen molar-refractivity contribution in [3.05, 3.63) is 51.8 Å². The largest absolute Gasteiger partial charge is 0.425 e. The molecule has 1 N–H and O–H groups in total. The van der Waals surface area contributed by atoms with Gasteiger partial charge in [-0.25, -0.2) is 4.39 Å². The number of carbonyl (C=O) groups excluding carboxylic acids is 1. The molecule has 0 saturated carbocycles. The van der Waals surface area contributed by atoms with Crippen LogP contribution in [0.1, 0.15) is 54.3 Å². The second kappa shape index (κ2) is 7.50. The van der Waals surface area contributed by atoms with Gasteiger partial charge in [-0.15, -0.1) is 0 Å². The van der Waals surface area contributed by atoms with Crippen molar-refractivity contribution in [3.8, 4) is 0 Å². The van der Waals surface area contributed by atoms with Gasteiger partial charge in [-0.1, -0.05) is 56.6 Å². The minimum absolute atomic E-state index is 0.0121. The molecule has 1 aromatic carbocycles. The molecule has 0 spiro atoms. The molecule has 27 heavy (non-hydrogen) atoms. The van der Waals surface area contributed by atoms with E-state index in [1.807, 2.05) is 24.3 Å². The summed E-state index contributed by atoms with van der Waals surface area (Å²) >= 11 is 5.79. The Kier molecular flexibility index (Phi) is 5.89. The molecule has 4 nitrogen and oxygen atoms in total. The highest BCUT2D eigenvalue weighted by molar-refractivity contribution is 6.34. The van der Waals surface area contributed by atoms with Crippen LogP contribution in [0.4, 0.5) is 17.6 Å². The summed E-state index contributed by atoms with van der Waals surface area (Å²) in [5, 5.41) is 5.33. The molecule has 0 aliphatic heterocycles. The van der Waals surface area contributed by atoms with Gasteiger partial charge in [0.25, 0.3) is 5.91 Å². The standard InChI is InChI=1S/C18H20ClF4N3O/c1-17(2,3)11-7-5-10(6-8-11)9-24-16(27)14-12(19)13(25-26(14)4)15(20)18(21,22)23/h5-8,15H,9H2,1-4H3,(H,24,27). The molecule has 0 radical (unpaired) electrons. The lowest BCUT2D eigenvalue weighted by Gasteiger charge is -2.19. The molecule has 0 aliphatic carbocycles. The summed E-state index contributed by atoms with van der Waals surface area (Å²) in [5.74, 6) is -0.740. The zero-order valence-corrected chi connectivity index (χ0v) is 16.0. The third-order valence-corrected chi connectivity index (χ3v) is 4.40. The Balaban J connectivity index is 2.14. The van der Waals surface area contributed by atoms with Crippen LogP contribution in [0.2, 0.25) is 5.02 Å². The summed E-state index contributed by atoms with van der Waals surface area (Å²) in [6, 6.07) is 7.57. The fourth-order valence-electron chi connectivity index (χ4n) is 2.47. The smallest absolute Gasteiger partial charge is 0.347 e. The lowest BCUT2D eigenvalue weighted by Crippen LogP contribution is -2.25. The van der Waals surface area contributed by atoms with Crippen LogP contribution in [0.5, 0.6) is 0 Å². The van der Waals surface area contributed by atoms with Crippen molar-refractivity contribution in [1.82, 2.24) is 15.1 Å². The third kappa shape index (κ3) is 4.80. The third-order valence-electron chi connectivity index (χ3n) is 4.03. The molecule has 2 aromatic rings. The van der Waals surface area contributed by atoms with Crippen LogP contribution in [0.25, 0.3) is 0 Å². The van der Waals surface area contributed by atoms with Gasteiger partial charge in [0, 0.05) is 13.6 Å². The lowest BCUT2D eigenvalue weighted by atomic mass is 9.87. The van der Waals surface area contributed by atoms with E-state index in [4.69, 9.17) is 11.6 Å². The van der Waals surface area contributed by atoms with Crippen molar-refractivity contribution in [3.63, 3.8) is 0 Å². The number of aromatic nitrogens is 2. The number of amides is 1. The normalized spacial score (nSPS) is 13.5. The van der Waals surface area contributed by atoms with E-state index in [1.54, 1.807) is 0 Å². The highest BCUT2D eigenvalue weighted by Crippen LogP contribution is 2.39. The topological polar surface area (TPSA) is 46.9 Å². The molecular formula is C18H20ClF4N3O. The maximum absolute atomic E-state index is 13.5. The first-order chi connectivity index (χ1) is 12.3. The monoisotopic (exact) mass is 405 g/mol. The number of carbonyl (C=O) groups is 1. The van der Waals surface area contributed by atoms with Gasteiger partial charge in [-0.05, 0) is 16.5 Å². The SMILES string of the molecule is Cn1nc(C(F)C(F)(F)F)c(Cl)c1C(=O)NCc1ccc(C(C)(C)C)cc1. The maximum atomic E-state index is 13.5. The molecule has 0 bridgehead atoms. The number of benzene rings is 1. The van der Waals surface area contributed by atoms with Crippen molar-refractivity contribution < 1.29 is 22.4 Å². The number of hydrogen-bond donors (Lipinski definition) is 1. The van der Waals surface area contributed by atoms with Crippen LogP contribution in [0, 0.1) is 0 Å². The van der Waals surface area contributed by atoms with Crippen LogP contribution in [0.3, 0.4) is 0 Å². The van der Waals surface area contributed by atoms with Crippen molar-refractivity contribution in [2.45, 2.75) is 45.1 Å². The van der Waals surface area contributed by atoms with Crippen LogP contribution in [-0.4, -0.2) is 21.9 Å². The molecule has 148 valence electrons. The molecule has 0 fully saturated rings. The molecule has 1 aromatic heterocycles. The maximum Gasteiger partial charge on any atom is 0.425 e. The molecule has 2 rings (SSSR count). The van der Waals surface area contributed by atoms with E-state index < -0.39 is 29.0 Å². The second-order valence-electron chi connectivity index (χ2n) is 7.21. The molecule has 1 unspecified atom stereocenters. The quantitative estimate of drug-likeness (QED) is 0.737. The van der Waals surface area contributed by atoms with Crippen molar-refractivity contribution in [2.24, 2.45) is 7.05 Å². The fraction of sp³-hybridized carbons (Fsp3) is 0.444. The molecule has 0 saturated heterocycles. The molecule has 1 amide bonds. The number of aryl methyl sites for hydroxylation is 1. The zero-order valence-electron chi connectivity index (χ0n) is 15.3. The van der Waals surface area contributed by atoms with Gasteiger partial charge in [-0.3, -0.25) is 9.48 Å². The first-order valence-corrected chi connectivity index (χ1v) is 8.51. The highest BCUT2D eigenvalue weighted by atomic mass is 35.5. The number of alkyl halides is 4. The molecule has 9 heteroatoms. The Labute approximate surface area is 159 Å². The number of hydrogen-bond acceptors (Lipinski definition) is 2. The zero-order chi connectivity index (χ0) is 20.6. The van der Waals surface area contributed by atoms with Crippen LogP contribution < -0.4 is 5.32 Å². The molecule has 1 heterocycles. The number of rotatable bonds is 4. The summed E-state index contributed by atoms with van der Waals surface area (Å²) in [4.78, 5) is 12.3. The average Bonchev–Trinajstić information content (AvgIpc) is 2.85. The van der Waals surface area contributed by atoms with Gasteiger partial charge < -0.3 is 5.32 Å². The van der Waals surface area contributed by atoms with Gasteiger partial charge in [0.15, 0.2) is 0 Å². The number of nitrogens with one attached hydrogen (secondary N) is 1. The van der Waals surface area contributed by atoms with E-state index in [1.165, 1.54) is 7.05 Å². The van der Waals surface area contributed by atoms with E-state index in [0.717, 1.165) is 15.8 Å². The Hall–Kier alpha value is -2.09. The predicted molar refractivity (Wildman–Crippen MR) is 94.4 cm³/mol. The first kappa shape index (κ1) is 21.2. The van der Waals surface area contributed by atoms with Crippen LogP contribution in [0.15, 0.2) is 24.3 Å². The highest BCUT2D eigenvalue weighted by Gasteiger charge is 2.45. The van der Waals surface area contributed by atoms with Crippen molar-refractivity contribution >= 4 is 17.5 Å². The fourth-order valence-corrected chi connectivity index (χ4v) is 2.81. The van der Waals surface area contributed by atoms with Gasteiger partial charge in [-0.2, -0.15) is 18.3 Å². The van der Waals surface area contributed by atoms with Gasteiger partial charge in [0.2, 0.25) is 6.17 Å². The molecule has 0 aliphatic rings. The summed E-state index contributed by atoms with van der Waals surface area (Å²) in [6.07, 6.45) is -8.51. The second-order valence-corrected chi connectivity index (χ2v) is 7.58. The average molecular weight is 406 g/mol.